The first-order valence-electron chi connectivity index (χ1n) is 7.96. The zero-order valence-corrected chi connectivity index (χ0v) is 15.6. The van der Waals surface area contributed by atoms with E-state index in [9.17, 15) is 21.6 Å². The average molecular weight is 423 g/mol. The maximum Gasteiger partial charge on any atom is 0.417 e. The molecule has 28 heavy (non-hydrogen) atoms. The first-order chi connectivity index (χ1) is 13.2. The Labute approximate surface area is 162 Å². The summed E-state index contributed by atoms with van der Waals surface area (Å²) in [5, 5.41) is 1.88. The summed E-state index contributed by atoms with van der Waals surface area (Å²) < 4.78 is 68.7. The number of hydrogen-bond acceptors (Lipinski definition) is 4. The summed E-state index contributed by atoms with van der Waals surface area (Å²) >= 11 is 1.45. The van der Waals surface area contributed by atoms with Crippen LogP contribution in [0.3, 0.4) is 0 Å². The number of nitrogens with zero attached hydrogens (tertiary/aromatic N) is 2. The van der Waals surface area contributed by atoms with Gasteiger partial charge in [-0.05, 0) is 24.3 Å². The Kier molecular flexibility index (Phi) is 4.39. The molecule has 0 saturated heterocycles. The third-order valence-electron chi connectivity index (χ3n) is 3.99. The van der Waals surface area contributed by atoms with E-state index in [0.29, 0.717) is 11.3 Å². The van der Waals surface area contributed by atoms with E-state index in [1.807, 2.05) is 16.0 Å². The van der Waals surface area contributed by atoms with Gasteiger partial charge in [0.25, 0.3) is 10.0 Å². The second kappa shape index (κ2) is 6.64. The van der Waals surface area contributed by atoms with Crippen LogP contribution in [0.1, 0.15) is 5.56 Å². The predicted molar refractivity (Wildman–Crippen MR) is 101 cm³/mol. The lowest BCUT2D eigenvalue weighted by molar-refractivity contribution is -0.139. The molecule has 0 aliphatic rings. The molecule has 4 rings (SSSR count). The number of rotatable bonds is 4. The predicted octanol–water partition coefficient (Wildman–Crippen LogP) is 4.88. The van der Waals surface area contributed by atoms with Crippen LogP contribution in [0.5, 0.6) is 0 Å². The molecule has 144 valence electrons. The second-order valence-corrected chi connectivity index (χ2v) is 8.42. The molecule has 0 bridgehead atoms. The maximum absolute atomic E-state index is 13.2. The van der Waals surface area contributed by atoms with Crippen molar-refractivity contribution in [3.63, 3.8) is 0 Å². The summed E-state index contributed by atoms with van der Waals surface area (Å²) in [6.07, 6.45) is -1.15. The number of aromatic nitrogens is 2. The van der Waals surface area contributed by atoms with Crippen molar-refractivity contribution in [3.05, 3.63) is 71.9 Å². The van der Waals surface area contributed by atoms with E-state index >= 15 is 0 Å². The SMILES string of the molecule is O=S(=O)(Nc1cccc(-c2cn3ccsc3n2)c1)c1ccccc1C(F)(F)F. The van der Waals surface area contributed by atoms with Gasteiger partial charge in [-0.25, -0.2) is 13.4 Å². The third-order valence-corrected chi connectivity index (χ3v) is 6.20. The molecule has 0 atom stereocenters. The Bertz CT molecular complexity index is 1230. The van der Waals surface area contributed by atoms with Crippen LogP contribution >= 0.6 is 11.3 Å². The number of anilines is 1. The third kappa shape index (κ3) is 3.48. The van der Waals surface area contributed by atoms with E-state index < -0.39 is 26.7 Å². The van der Waals surface area contributed by atoms with Crippen LogP contribution in [0.25, 0.3) is 16.2 Å². The molecule has 10 heteroatoms. The largest absolute Gasteiger partial charge is 0.417 e. The van der Waals surface area contributed by atoms with Crippen LogP contribution in [0.15, 0.2) is 71.2 Å². The quantitative estimate of drug-likeness (QED) is 0.509. The number of sulfonamides is 1. The van der Waals surface area contributed by atoms with Gasteiger partial charge in [-0.2, -0.15) is 13.2 Å². The zero-order valence-electron chi connectivity index (χ0n) is 14.0. The van der Waals surface area contributed by atoms with Crippen molar-refractivity contribution >= 4 is 32.0 Å². The van der Waals surface area contributed by atoms with E-state index in [0.717, 1.165) is 23.2 Å². The van der Waals surface area contributed by atoms with Crippen LogP contribution in [0.2, 0.25) is 0 Å². The van der Waals surface area contributed by atoms with E-state index in [1.165, 1.54) is 29.5 Å². The number of nitrogens with one attached hydrogen (secondary N) is 1. The van der Waals surface area contributed by atoms with Gasteiger partial charge in [0.2, 0.25) is 0 Å². The fourth-order valence-corrected chi connectivity index (χ4v) is 4.73. The summed E-state index contributed by atoms with van der Waals surface area (Å²) in [6.45, 7) is 0. The number of halogens is 3. The molecule has 2 heterocycles. The Morgan fingerprint density at radius 3 is 2.61 bits per heavy atom. The molecule has 2 aromatic carbocycles. The number of benzene rings is 2. The van der Waals surface area contributed by atoms with Gasteiger partial charge in [-0.3, -0.25) is 9.12 Å². The Morgan fingerprint density at radius 2 is 1.86 bits per heavy atom. The minimum absolute atomic E-state index is 0.144. The van der Waals surface area contributed by atoms with Gasteiger partial charge >= 0.3 is 6.18 Å². The molecular formula is C18H12F3N3O2S2. The summed E-state index contributed by atoms with van der Waals surface area (Å²) in [6, 6.07) is 10.4. The molecular weight excluding hydrogens is 411 g/mol. The number of hydrogen-bond donors (Lipinski definition) is 1. The summed E-state index contributed by atoms with van der Waals surface area (Å²) in [5.74, 6) is 0. The molecule has 0 amide bonds. The standard InChI is InChI=1S/C18H12F3N3O2S2/c19-18(20,21)14-6-1-2-7-16(14)28(25,26)23-13-5-3-4-12(10-13)15-11-24-8-9-27-17(24)22-15/h1-11,23H. The number of thiazole rings is 1. The minimum Gasteiger partial charge on any atom is -0.297 e. The molecule has 0 fully saturated rings. The van der Waals surface area contributed by atoms with Gasteiger partial charge in [-0.15, -0.1) is 11.3 Å². The first-order valence-corrected chi connectivity index (χ1v) is 10.3. The topological polar surface area (TPSA) is 63.5 Å². The van der Waals surface area contributed by atoms with E-state index in [2.05, 4.69) is 9.71 Å². The van der Waals surface area contributed by atoms with Crippen LogP contribution < -0.4 is 4.72 Å². The van der Waals surface area contributed by atoms with Gasteiger partial charge in [0.1, 0.15) is 0 Å². The lowest BCUT2D eigenvalue weighted by Crippen LogP contribution is -2.18. The Hall–Kier alpha value is -2.85. The van der Waals surface area contributed by atoms with E-state index in [4.69, 9.17) is 0 Å². The zero-order chi connectivity index (χ0) is 19.9. The van der Waals surface area contributed by atoms with Gasteiger partial charge in [0, 0.05) is 29.0 Å². The van der Waals surface area contributed by atoms with Crippen LogP contribution in [0, 0.1) is 0 Å². The van der Waals surface area contributed by atoms with Crippen LogP contribution in [-0.4, -0.2) is 17.8 Å². The van der Waals surface area contributed by atoms with Crippen molar-refractivity contribution in [1.29, 1.82) is 0 Å². The normalized spacial score (nSPS) is 12.4. The molecule has 1 N–H and O–H groups in total. The second-order valence-electron chi connectivity index (χ2n) is 5.90. The van der Waals surface area contributed by atoms with Crippen LogP contribution in [-0.2, 0) is 16.2 Å². The summed E-state index contributed by atoms with van der Waals surface area (Å²) in [7, 11) is -4.43. The van der Waals surface area contributed by atoms with Crippen molar-refractivity contribution < 1.29 is 21.6 Å². The smallest absolute Gasteiger partial charge is 0.297 e. The summed E-state index contributed by atoms with van der Waals surface area (Å²) in [4.78, 5) is 4.39. The Morgan fingerprint density at radius 1 is 1.07 bits per heavy atom. The van der Waals surface area contributed by atoms with Crippen molar-refractivity contribution in [2.45, 2.75) is 11.1 Å². The van der Waals surface area contributed by atoms with Gasteiger partial charge in [0.15, 0.2) is 4.96 Å². The first kappa shape index (κ1) is 18.5. The van der Waals surface area contributed by atoms with Gasteiger partial charge in [0.05, 0.1) is 16.2 Å². The fourth-order valence-electron chi connectivity index (χ4n) is 2.75. The summed E-state index contributed by atoms with van der Waals surface area (Å²) in [5.41, 5.74) is 0.197. The monoisotopic (exact) mass is 423 g/mol. The molecule has 0 aliphatic carbocycles. The number of fused-ring (bicyclic) bond motifs is 1. The fraction of sp³-hybridized carbons (Fsp3) is 0.0556. The molecule has 0 aliphatic heterocycles. The minimum atomic E-state index is -4.78. The molecule has 4 aromatic rings. The average Bonchev–Trinajstić information content (AvgIpc) is 3.23. The molecule has 2 aromatic heterocycles. The van der Waals surface area contributed by atoms with Crippen molar-refractivity contribution in [2.24, 2.45) is 0 Å². The van der Waals surface area contributed by atoms with E-state index in [1.54, 1.807) is 18.3 Å². The molecule has 0 unspecified atom stereocenters. The highest BCUT2D eigenvalue weighted by atomic mass is 32.2. The highest BCUT2D eigenvalue weighted by Gasteiger charge is 2.36. The highest BCUT2D eigenvalue weighted by molar-refractivity contribution is 7.92. The van der Waals surface area contributed by atoms with Crippen molar-refractivity contribution in [3.8, 4) is 11.3 Å². The maximum atomic E-state index is 13.2. The molecule has 0 saturated carbocycles. The van der Waals surface area contributed by atoms with Crippen molar-refractivity contribution in [1.82, 2.24) is 9.38 Å². The molecule has 5 nitrogen and oxygen atoms in total. The van der Waals surface area contributed by atoms with Gasteiger partial charge in [-0.1, -0.05) is 24.3 Å². The lowest BCUT2D eigenvalue weighted by Gasteiger charge is -2.14. The van der Waals surface area contributed by atoms with Gasteiger partial charge < -0.3 is 0 Å². The number of imidazole rings is 1. The number of alkyl halides is 3. The lowest BCUT2D eigenvalue weighted by atomic mass is 10.1. The highest BCUT2D eigenvalue weighted by Crippen LogP contribution is 2.35. The van der Waals surface area contributed by atoms with Crippen LogP contribution in [0.4, 0.5) is 18.9 Å². The molecule has 0 radical (unpaired) electrons. The van der Waals surface area contributed by atoms with E-state index in [-0.39, 0.29) is 5.69 Å². The Balaban J connectivity index is 1.69. The molecule has 0 spiro atoms. The van der Waals surface area contributed by atoms with Crippen molar-refractivity contribution in [2.75, 3.05) is 4.72 Å².